The van der Waals surface area contributed by atoms with E-state index in [4.69, 9.17) is 10.5 Å². The first kappa shape index (κ1) is 12.7. The van der Waals surface area contributed by atoms with Gasteiger partial charge in [-0.05, 0) is 30.9 Å². The molecule has 2 N–H and O–H groups in total. The minimum atomic E-state index is 0.677. The number of aryl methyl sites for hydroxylation is 1. The molecule has 1 aromatic carbocycles. The van der Waals surface area contributed by atoms with Crippen LogP contribution in [0.25, 0.3) is 10.9 Å². The van der Waals surface area contributed by atoms with Crippen molar-refractivity contribution in [2.45, 2.75) is 26.7 Å². The van der Waals surface area contributed by atoms with Crippen molar-refractivity contribution in [2.75, 3.05) is 12.8 Å². The highest BCUT2D eigenvalue weighted by Crippen LogP contribution is 2.26. The lowest BCUT2D eigenvalue weighted by Gasteiger charge is -2.08. The third kappa shape index (κ3) is 2.73. The van der Waals surface area contributed by atoms with E-state index >= 15 is 0 Å². The van der Waals surface area contributed by atoms with Gasteiger partial charge < -0.3 is 10.5 Å². The van der Waals surface area contributed by atoms with Crippen LogP contribution in [0.3, 0.4) is 0 Å². The lowest BCUT2D eigenvalue weighted by atomic mass is 10.1. The van der Waals surface area contributed by atoms with E-state index in [1.54, 1.807) is 7.11 Å². The maximum Gasteiger partial charge on any atom is 0.121 e. The molecule has 0 aliphatic carbocycles. The first-order valence-corrected chi connectivity index (χ1v) is 6.33. The number of anilines is 1. The van der Waals surface area contributed by atoms with Gasteiger partial charge in [-0.1, -0.05) is 19.9 Å². The molecule has 0 radical (unpaired) electrons. The fourth-order valence-electron chi connectivity index (χ4n) is 1.97. The van der Waals surface area contributed by atoms with Gasteiger partial charge in [0.05, 0.1) is 18.3 Å². The van der Waals surface area contributed by atoms with Crippen LogP contribution in [0.5, 0.6) is 5.75 Å². The van der Waals surface area contributed by atoms with Crippen LogP contribution in [-0.4, -0.2) is 12.1 Å². The Morgan fingerprint density at radius 1 is 1.28 bits per heavy atom. The molecular formula is C15H20N2O. The maximum atomic E-state index is 6.01. The second-order valence-electron chi connectivity index (χ2n) is 5.02. The molecular weight excluding hydrogens is 224 g/mol. The number of methoxy groups -OCH3 is 1. The predicted molar refractivity (Wildman–Crippen MR) is 75.9 cm³/mol. The molecule has 0 bridgehead atoms. The summed E-state index contributed by atoms with van der Waals surface area (Å²) in [5.41, 5.74) is 8.67. The highest BCUT2D eigenvalue weighted by Gasteiger charge is 2.05. The van der Waals surface area contributed by atoms with Gasteiger partial charge in [-0.3, -0.25) is 4.98 Å². The average molecular weight is 244 g/mol. The van der Waals surface area contributed by atoms with Crippen molar-refractivity contribution in [3.63, 3.8) is 0 Å². The van der Waals surface area contributed by atoms with Crippen molar-refractivity contribution in [3.8, 4) is 5.75 Å². The van der Waals surface area contributed by atoms with Crippen LogP contribution in [0, 0.1) is 5.92 Å². The molecule has 1 heterocycles. The Kier molecular flexibility index (Phi) is 3.70. The third-order valence-electron chi connectivity index (χ3n) is 3.07. The number of fused-ring (bicyclic) bond motifs is 1. The van der Waals surface area contributed by atoms with Crippen LogP contribution in [0.1, 0.15) is 26.0 Å². The molecule has 3 heteroatoms. The van der Waals surface area contributed by atoms with Gasteiger partial charge in [0.25, 0.3) is 0 Å². The molecule has 0 unspecified atom stereocenters. The summed E-state index contributed by atoms with van der Waals surface area (Å²) in [6.07, 6.45) is 2.15. The maximum absolute atomic E-state index is 6.01. The largest absolute Gasteiger partial charge is 0.497 e. The number of pyridine rings is 1. The van der Waals surface area contributed by atoms with Gasteiger partial charge in [-0.2, -0.15) is 0 Å². The zero-order valence-corrected chi connectivity index (χ0v) is 11.2. The van der Waals surface area contributed by atoms with E-state index in [1.165, 1.54) is 0 Å². The summed E-state index contributed by atoms with van der Waals surface area (Å²) in [6.45, 7) is 4.44. The fraction of sp³-hybridized carbons (Fsp3) is 0.400. The molecule has 0 saturated heterocycles. The monoisotopic (exact) mass is 244 g/mol. The molecule has 0 aliphatic rings. The number of hydrogen-bond acceptors (Lipinski definition) is 3. The van der Waals surface area contributed by atoms with E-state index in [2.05, 4.69) is 31.0 Å². The van der Waals surface area contributed by atoms with Crippen molar-refractivity contribution in [1.29, 1.82) is 0 Å². The highest BCUT2D eigenvalue weighted by molar-refractivity contribution is 5.90. The van der Waals surface area contributed by atoms with Crippen LogP contribution in [0.2, 0.25) is 0 Å². The summed E-state index contributed by atoms with van der Waals surface area (Å²) in [6, 6.07) is 7.92. The highest BCUT2D eigenvalue weighted by atomic mass is 16.5. The molecule has 0 fully saturated rings. The summed E-state index contributed by atoms with van der Waals surface area (Å²) in [5, 5.41) is 1.03. The zero-order chi connectivity index (χ0) is 13.1. The van der Waals surface area contributed by atoms with E-state index < -0.39 is 0 Å². The summed E-state index contributed by atoms with van der Waals surface area (Å²) >= 11 is 0. The molecule has 1 aromatic heterocycles. The van der Waals surface area contributed by atoms with E-state index in [0.29, 0.717) is 11.6 Å². The third-order valence-corrected chi connectivity index (χ3v) is 3.07. The molecule has 3 nitrogen and oxygen atoms in total. The van der Waals surface area contributed by atoms with Crippen molar-refractivity contribution >= 4 is 16.6 Å². The van der Waals surface area contributed by atoms with Crippen molar-refractivity contribution in [3.05, 3.63) is 30.0 Å². The van der Waals surface area contributed by atoms with Crippen molar-refractivity contribution < 1.29 is 4.74 Å². The Morgan fingerprint density at radius 3 is 2.72 bits per heavy atom. The van der Waals surface area contributed by atoms with Gasteiger partial charge >= 0.3 is 0 Å². The molecule has 2 rings (SSSR count). The molecule has 18 heavy (non-hydrogen) atoms. The Bertz CT molecular complexity index is 549. The first-order valence-electron chi connectivity index (χ1n) is 6.33. The van der Waals surface area contributed by atoms with Crippen molar-refractivity contribution in [2.24, 2.45) is 5.92 Å². The van der Waals surface area contributed by atoms with Crippen LogP contribution in [-0.2, 0) is 6.42 Å². The van der Waals surface area contributed by atoms with Gasteiger partial charge in [-0.25, -0.2) is 0 Å². The first-order chi connectivity index (χ1) is 8.60. The Hall–Kier alpha value is -1.77. The quantitative estimate of drug-likeness (QED) is 0.838. The van der Waals surface area contributed by atoms with Crippen LogP contribution in [0.15, 0.2) is 24.3 Å². The number of aromatic nitrogens is 1. The Balaban J connectivity index is 2.36. The number of nitrogen functional groups attached to an aromatic ring is 1. The van der Waals surface area contributed by atoms with Crippen molar-refractivity contribution in [1.82, 2.24) is 4.98 Å². The number of hydrogen-bond donors (Lipinski definition) is 1. The van der Waals surface area contributed by atoms with E-state index in [-0.39, 0.29) is 0 Å². The van der Waals surface area contributed by atoms with E-state index in [1.807, 2.05) is 12.1 Å². The second-order valence-corrected chi connectivity index (χ2v) is 5.02. The lowest BCUT2D eigenvalue weighted by Crippen LogP contribution is -1.98. The smallest absolute Gasteiger partial charge is 0.121 e. The predicted octanol–water partition coefficient (Wildman–Crippen LogP) is 3.41. The molecule has 0 aliphatic heterocycles. The van der Waals surface area contributed by atoms with Gasteiger partial charge in [-0.15, -0.1) is 0 Å². The summed E-state index contributed by atoms with van der Waals surface area (Å²) in [5.74, 6) is 1.47. The molecule has 0 spiro atoms. The van der Waals surface area contributed by atoms with Crippen LogP contribution in [0.4, 0.5) is 5.69 Å². The lowest BCUT2D eigenvalue weighted by molar-refractivity contribution is 0.415. The van der Waals surface area contributed by atoms with E-state index in [0.717, 1.165) is 35.2 Å². The SMILES string of the molecule is COc1cc(N)c2nc(CCC(C)C)ccc2c1. The number of ether oxygens (including phenoxy) is 1. The summed E-state index contributed by atoms with van der Waals surface area (Å²) in [7, 11) is 1.64. The Morgan fingerprint density at radius 2 is 2.06 bits per heavy atom. The van der Waals surface area contributed by atoms with Crippen LogP contribution >= 0.6 is 0 Å². The second kappa shape index (κ2) is 5.25. The fourth-order valence-corrected chi connectivity index (χ4v) is 1.97. The molecule has 0 saturated carbocycles. The number of nitrogens with two attached hydrogens (primary N) is 1. The van der Waals surface area contributed by atoms with Gasteiger partial charge in [0.2, 0.25) is 0 Å². The van der Waals surface area contributed by atoms with Gasteiger partial charge in [0.15, 0.2) is 0 Å². The zero-order valence-electron chi connectivity index (χ0n) is 11.2. The summed E-state index contributed by atoms with van der Waals surface area (Å²) in [4.78, 5) is 4.64. The molecule has 2 aromatic rings. The minimum Gasteiger partial charge on any atom is -0.497 e. The molecule has 96 valence electrons. The number of benzene rings is 1. The number of rotatable bonds is 4. The summed E-state index contributed by atoms with van der Waals surface area (Å²) < 4.78 is 5.20. The standard InChI is InChI=1S/C15H20N2O/c1-10(2)4-6-12-7-5-11-8-13(18-3)9-14(16)15(11)17-12/h5,7-10H,4,6,16H2,1-3H3. The normalized spacial score (nSPS) is 11.1. The Labute approximate surface area is 108 Å². The number of nitrogens with zero attached hydrogens (tertiary/aromatic N) is 1. The van der Waals surface area contributed by atoms with E-state index in [9.17, 15) is 0 Å². The van der Waals surface area contributed by atoms with Gasteiger partial charge in [0.1, 0.15) is 5.75 Å². The molecule has 0 amide bonds. The van der Waals surface area contributed by atoms with Gasteiger partial charge in [0, 0.05) is 17.1 Å². The molecule has 0 atom stereocenters. The topological polar surface area (TPSA) is 48.1 Å². The van der Waals surface area contributed by atoms with Crippen LogP contribution < -0.4 is 10.5 Å². The average Bonchev–Trinajstić information content (AvgIpc) is 2.36. The minimum absolute atomic E-state index is 0.677.